The predicted molar refractivity (Wildman–Crippen MR) is 67.6 cm³/mol. The van der Waals surface area contributed by atoms with E-state index in [0.717, 1.165) is 23.2 Å². The molecule has 0 aliphatic carbocycles. The smallest absolute Gasteiger partial charge is 0.0672 e. The second kappa shape index (κ2) is 4.67. The molecule has 0 fully saturated rings. The van der Waals surface area contributed by atoms with Crippen LogP contribution in [-0.2, 0) is 13.5 Å². The van der Waals surface area contributed by atoms with Crippen LogP contribution in [0, 0.1) is 6.92 Å². The molecule has 0 spiro atoms. The van der Waals surface area contributed by atoms with Gasteiger partial charge in [0, 0.05) is 31.2 Å². The second-order valence-electron chi connectivity index (χ2n) is 4.27. The van der Waals surface area contributed by atoms with Crippen LogP contribution in [-0.4, -0.2) is 14.8 Å². The van der Waals surface area contributed by atoms with Gasteiger partial charge in [0.1, 0.15) is 0 Å². The van der Waals surface area contributed by atoms with Gasteiger partial charge in [-0.2, -0.15) is 5.10 Å². The minimum absolute atomic E-state index is 0.146. The van der Waals surface area contributed by atoms with Gasteiger partial charge in [-0.1, -0.05) is 6.92 Å². The molecule has 2 rings (SSSR count). The first-order valence-electron chi connectivity index (χ1n) is 5.82. The molecule has 0 aromatic carbocycles. The number of nitrogens with zero attached hydrogens (tertiary/aromatic N) is 3. The van der Waals surface area contributed by atoms with Crippen molar-refractivity contribution < 1.29 is 0 Å². The van der Waals surface area contributed by atoms with E-state index in [-0.39, 0.29) is 6.04 Å². The molecule has 1 unspecified atom stereocenters. The Labute approximate surface area is 101 Å². The maximum Gasteiger partial charge on any atom is 0.0672 e. The van der Waals surface area contributed by atoms with Crippen LogP contribution in [0.3, 0.4) is 0 Å². The van der Waals surface area contributed by atoms with Crippen molar-refractivity contribution in [1.29, 1.82) is 0 Å². The molecule has 17 heavy (non-hydrogen) atoms. The van der Waals surface area contributed by atoms with Gasteiger partial charge >= 0.3 is 0 Å². The van der Waals surface area contributed by atoms with E-state index in [0.29, 0.717) is 0 Å². The third-order valence-corrected chi connectivity index (χ3v) is 3.02. The molecule has 2 heterocycles. The fourth-order valence-electron chi connectivity index (χ4n) is 2.06. The Morgan fingerprint density at radius 2 is 2.18 bits per heavy atom. The number of hydrogen-bond acceptors (Lipinski definition) is 3. The molecule has 0 radical (unpaired) electrons. The van der Waals surface area contributed by atoms with E-state index in [4.69, 9.17) is 5.73 Å². The highest BCUT2D eigenvalue weighted by atomic mass is 15.3. The van der Waals surface area contributed by atoms with Gasteiger partial charge in [0.2, 0.25) is 0 Å². The average molecular weight is 230 g/mol. The van der Waals surface area contributed by atoms with Crippen LogP contribution >= 0.6 is 0 Å². The maximum absolute atomic E-state index is 6.31. The summed E-state index contributed by atoms with van der Waals surface area (Å²) in [5.74, 6) is 0. The van der Waals surface area contributed by atoms with Crippen molar-refractivity contribution in [2.24, 2.45) is 12.8 Å². The standard InChI is InChI=1S/C13H18N4/c1-4-12-11(8-17(3)16-12)13(14)10-7-15-6-5-9(10)2/h5-8,13H,4,14H2,1-3H3. The monoisotopic (exact) mass is 230 g/mol. The molecule has 2 aromatic heterocycles. The fourth-order valence-corrected chi connectivity index (χ4v) is 2.06. The summed E-state index contributed by atoms with van der Waals surface area (Å²) in [5, 5.41) is 4.42. The molecule has 0 saturated carbocycles. The number of nitrogens with two attached hydrogens (primary N) is 1. The van der Waals surface area contributed by atoms with Gasteiger partial charge in [-0.15, -0.1) is 0 Å². The van der Waals surface area contributed by atoms with Gasteiger partial charge in [0.05, 0.1) is 11.7 Å². The molecule has 2 aromatic rings. The second-order valence-corrected chi connectivity index (χ2v) is 4.27. The van der Waals surface area contributed by atoms with Crippen LogP contribution in [0.1, 0.15) is 35.3 Å². The molecule has 0 amide bonds. The van der Waals surface area contributed by atoms with Gasteiger partial charge in [-0.25, -0.2) is 0 Å². The normalized spacial score (nSPS) is 12.7. The maximum atomic E-state index is 6.31. The highest BCUT2D eigenvalue weighted by molar-refractivity contribution is 5.35. The summed E-state index contributed by atoms with van der Waals surface area (Å²) in [6, 6.07) is 1.84. The first-order chi connectivity index (χ1) is 8.13. The Morgan fingerprint density at radius 1 is 1.41 bits per heavy atom. The van der Waals surface area contributed by atoms with Crippen molar-refractivity contribution in [2.75, 3.05) is 0 Å². The van der Waals surface area contributed by atoms with E-state index in [1.54, 1.807) is 6.20 Å². The lowest BCUT2D eigenvalue weighted by atomic mass is 9.97. The van der Waals surface area contributed by atoms with E-state index >= 15 is 0 Å². The van der Waals surface area contributed by atoms with Crippen LogP contribution in [0.2, 0.25) is 0 Å². The van der Waals surface area contributed by atoms with Crippen LogP contribution in [0.25, 0.3) is 0 Å². The van der Waals surface area contributed by atoms with E-state index in [2.05, 4.69) is 23.9 Å². The quantitative estimate of drug-likeness (QED) is 0.873. The molecule has 0 saturated heterocycles. The van der Waals surface area contributed by atoms with Gasteiger partial charge < -0.3 is 5.73 Å². The van der Waals surface area contributed by atoms with Crippen LogP contribution in [0.5, 0.6) is 0 Å². The lowest BCUT2D eigenvalue weighted by Crippen LogP contribution is -2.14. The zero-order chi connectivity index (χ0) is 12.4. The summed E-state index contributed by atoms with van der Waals surface area (Å²) in [6.07, 6.45) is 6.51. The van der Waals surface area contributed by atoms with Crippen molar-refractivity contribution in [3.63, 3.8) is 0 Å². The summed E-state index contributed by atoms with van der Waals surface area (Å²) >= 11 is 0. The highest BCUT2D eigenvalue weighted by Crippen LogP contribution is 2.24. The summed E-state index contributed by atoms with van der Waals surface area (Å²) in [5.41, 5.74) is 10.7. The first-order valence-corrected chi connectivity index (χ1v) is 5.82. The molecular formula is C13H18N4. The van der Waals surface area contributed by atoms with Gasteiger partial charge in [-0.3, -0.25) is 9.67 Å². The van der Waals surface area contributed by atoms with Crippen LogP contribution in [0.15, 0.2) is 24.7 Å². The Balaban J connectivity index is 2.43. The molecule has 90 valence electrons. The number of aryl methyl sites for hydroxylation is 3. The SMILES string of the molecule is CCc1nn(C)cc1C(N)c1cnccc1C. The third-order valence-electron chi connectivity index (χ3n) is 3.02. The van der Waals surface area contributed by atoms with E-state index in [1.165, 1.54) is 5.56 Å². The van der Waals surface area contributed by atoms with Crippen molar-refractivity contribution in [2.45, 2.75) is 26.3 Å². The van der Waals surface area contributed by atoms with Gasteiger partial charge in [0.15, 0.2) is 0 Å². The highest BCUT2D eigenvalue weighted by Gasteiger charge is 2.17. The molecule has 2 N–H and O–H groups in total. The molecule has 0 bridgehead atoms. The molecule has 0 aliphatic heterocycles. The van der Waals surface area contributed by atoms with Crippen LogP contribution in [0.4, 0.5) is 0 Å². The molecule has 0 aliphatic rings. The lowest BCUT2D eigenvalue weighted by molar-refractivity contribution is 0.746. The lowest BCUT2D eigenvalue weighted by Gasteiger charge is -2.13. The van der Waals surface area contributed by atoms with Crippen LogP contribution < -0.4 is 5.73 Å². The molecule has 4 nitrogen and oxygen atoms in total. The largest absolute Gasteiger partial charge is 0.320 e. The van der Waals surface area contributed by atoms with Crippen molar-refractivity contribution in [1.82, 2.24) is 14.8 Å². The van der Waals surface area contributed by atoms with E-state index in [1.807, 2.05) is 30.2 Å². The van der Waals surface area contributed by atoms with Gasteiger partial charge in [-0.05, 0) is 30.5 Å². The first kappa shape index (κ1) is 11.8. The zero-order valence-corrected chi connectivity index (χ0v) is 10.5. The number of hydrogen-bond donors (Lipinski definition) is 1. The summed E-state index contributed by atoms with van der Waals surface area (Å²) < 4.78 is 1.82. The fraction of sp³-hybridized carbons (Fsp3) is 0.385. The Bertz CT molecular complexity index is 516. The minimum Gasteiger partial charge on any atom is -0.320 e. The number of aromatic nitrogens is 3. The van der Waals surface area contributed by atoms with E-state index < -0.39 is 0 Å². The zero-order valence-electron chi connectivity index (χ0n) is 10.5. The van der Waals surface area contributed by atoms with Gasteiger partial charge in [0.25, 0.3) is 0 Å². The third kappa shape index (κ3) is 2.22. The summed E-state index contributed by atoms with van der Waals surface area (Å²) in [6.45, 7) is 4.15. The molecular weight excluding hydrogens is 212 g/mol. The van der Waals surface area contributed by atoms with E-state index in [9.17, 15) is 0 Å². The Kier molecular flexibility index (Phi) is 3.24. The predicted octanol–water partition coefficient (Wildman–Crippen LogP) is 1.73. The summed E-state index contributed by atoms with van der Waals surface area (Å²) in [7, 11) is 1.92. The average Bonchev–Trinajstić information content (AvgIpc) is 2.70. The number of pyridine rings is 1. The summed E-state index contributed by atoms with van der Waals surface area (Å²) in [4.78, 5) is 4.15. The Morgan fingerprint density at radius 3 is 2.82 bits per heavy atom. The number of rotatable bonds is 3. The molecule has 1 atom stereocenters. The molecule has 4 heteroatoms. The Hall–Kier alpha value is -1.68. The van der Waals surface area contributed by atoms with Crippen molar-refractivity contribution in [3.05, 3.63) is 47.0 Å². The topological polar surface area (TPSA) is 56.7 Å². The van der Waals surface area contributed by atoms with Crippen molar-refractivity contribution in [3.8, 4) is 0 Å². The van der Waals surface area contributed by atoms with Crippen molar-refractivity contribution >= 4 is 0 Å². The minimum atomic E-state index is -0.146.